The Balaban J connectivity index is 1.54. The molecule has 164 valence electrons. The van der Waals surface area contributed by atoms with Crippen LogP contribution in [0, 0.1) is 0 Å². The van der Waals surface area contributed by atoms with E-state index in [4.69, 9.17) is 20.4 Å². The molecule has 0 spiro atoms. The first-order valence-corrected chi connectivity index (χ1v) is 10.5. The lowest BCUT2D eigenvalue weighted by atomic mass is 9.90. The van der Waals surface area contributed by atoms with Gasteiger partial charge in [-0.1, -0.05) is 0 Å². The number of nitrogens with zero attached hydrogens (tertiary/aromatic N) is 7. The first kappa shape index (κ1) is 19.7. The van der Waals surface area contributed by atoms with Crippen LogP contribution in [0.4, 0.5) is 22.5 Å². The van der Waals surface area contributed by atoms with E-state index in [-0.39, 0.29) is 17.5 Å². The SMILES string of the molecule is CNC(=O)N1CC(C)(N2CCc3c(-c4cnc(N)nc4)nc(N4CCOCC4)nc32)C1. The van der Waals surface area contributed by atoms with Gasteiger partial charge in [0, 0.05) is 63.3 Å². The Labute approximate surface area is 180 Å². The second kappa shape index (κ2) is 7.49. The van der Waals surface area contributed by atoms with Crippen LogP contribution in [0.15, 0.2) is 12.4 Å². The molecule has 31 heavy (non-hydrogen) atoms. The zero-order valence-corrected chi connectivity index (χ0v) is 17.8. The van der Waals surface area contributed by atoms with Crippen LogP contribution < -0.4 is 20.9 Å². The number of nitrogens with two attached hydrogens (primary N) is 1. The van der Waals surface area contributed by atoms with Crippen molar-refractivity contribution in [3.8, 4) is 11.3 Å². The minimum Gasteiger partial charge on any atom is -0.378 e. The summed E-state index contributed by atoms with van der Waals surface area (Å²) >= 11 is 0. The van der Waals surface area contributed by atoms with E-state index in [2.05, 4.69) is 32.0 Å². The number of ether oxygens (including phenoxy) is 1. The summed E-state index contributed by atoms with van der Waals surface area (Å²) in [6.45, 7) is 7.14. The van der Waals surface area contributed by atoms with Crippen LogP contribution in [-0.4, -0.2) is 89.4 Å². The molecule has 3 aliphatic heterocycles. The molecule has 0 bridgehead atoms. The summed E-state index contributed by atoms with van der Waals surface area (Å²) in [7, 11) is 1.66. The highest BCUT2D eigenvalue weighted by molar-refractivity contribution is 5.77. The van der Waals surface area contributed by atoms with Crippen LogP contribution in [0.3, 0.4) is 0 Å². The highest BCUT2D eigenvalue weighted by Crippen LogP contribution is 2.41. The summed E-state index contributed by atoms with van der Waals surface area (Å²) in [5.74, 6) is 1.86. The lowest BCUT2D eigenvalue weighted by Gasteiger charge is -2.53. The number of hydrogen-bond donors (Lipinski definition) is 2. The normalized spacial score (nSPS) is 19.7. The van der Waals surface area contributed by atoms with Gasteiger partial charge >= 0.3 is 6.03 Å². The van der Waals surface area contributed by atoms with Gasteiger partial charge in [-0.25, -0.2) is 19.7 Å². The molecule has 11 nitrogen and oxygen atoms in total. The third kappa shape index (κ3) is 3.38. The molecule has 0 unspecified atom stereocenters. The molecule has 0 aromatic carbocycles. The van der Waals surface area contributed by atoms with Crippen molar-refractivity contribution in [2.75, 3.05) is 68.5 Å². The molecule has 11 heteroatoms. The standard InChI is InChI=1S/C20H27N9O2/c1-20(11-28(12-20)19(30)22-2)29-4-3-14-15(13-9-23-17(21)24-10-13)25-18(26-16(14)29)27-5-7-31-8-6-27/h9-10H,3-8,11-12H2,1-2H3,(H,22,30)(H2,21,23,24). The Hall–Kier alpha value is -3.21. The molecule has 2 fully saturated rings. The van der Waals surface area contributed by atoms with Gasteiger partial charge in [0.15, 0.2) is 0 Å². The highest BCUT2D eigenvalue weighted by Gasteiger charge is 2.48. The number of nitrogen functional groups attached to an aromatic ring is 1. The molecule has 0 aliphatic carbocycles. The van der Waals surface area contributed by atoms with Gasteiger partial charge in [-0.2, -0.15) is 4.98 Å². The first-order valence-electron chi connectivity index (χ1n) is 10.5. The molecular formula is C20H27N9O2. The molecule has 2 saturated heterocycles. The van der Waals surface area contributed by atoms with Crippen molar-refractivity contribution in [3.63, 3.8) is 0 Å². The van der Waals surface area contributed by atoms with Gasteiger partial charge in [-0.3, -0.25) is 0 Å². The maximum atomic E-state index is 12.0. The Morgan fingerprint density at radius 3 is 2.55 bits per heavy atom. The maximum Gasteiger partial charge on any atom is 0.317 e. The molecule has 2 amide bonds. The van der Waals surface area contributed by atoms with Crippen LogP contribution in [0.5, 0.6) is 0 Å². The maximum absolute atomic E-state index is 12.0. The molecule has 0 atom stereocenters. The zero-order valence-electron chi connectivity index (χ0n) is 17.8. The van der Waals surface area contributed by atoms with Crippen molar-refractivity contribution >= 4 is 23.7 Å². The van der Waals surface area contributed by atoms with E-state index in [1.54, 1.807) is 19.4 Å². The van der Waals surface area contributed by atoms with Crippen molar-refractivity contribution < 1.29 is 9.53 Å². The summed E-state index contributed by atoms with van der Waals surface area (Å²) in [5.41, 5.74) is 8.30. The summed E-state index contributed by atoms with van der Waals surface area (Å²) in [6, 6.07) is -0.0479. The summed E-state index contributed by atoms with van der Waals surface area (Å²) in [6.07, 6.45) is 4.26. The molecular weight excluding hydrogens is 398 g/mol. The molecule has 2 aromatic rings. The molecule has 0 radical (unpaired) electrons. The van der Waals surface area contributed by atoms with Crippen LogP contribution in [-0.2, 0) is 11.2 Å². The fourth-order valence-corrected chi connectivity index (χ4v) is 4.62. The Morgan fingerprint density at radius 2 is 1.87 bits per heavy atom. The van der Waals surface area contributed by atoms with E-state index in [1.807, 2.05) is 4.90 Å². The van der Waals surface area contributed by atoms with E-state index < -0.39 is 0 Å². The Morgan fingerprint density at radius 1 is 1.16 bits per heavy atom. The number of likely N-dealkylation sites (tertiary alicyclic amines) is 1. The largest absolute Gasteiger partial charge is 0.378 e. The van der Waals surface area contributed by atoms with Crippen LogP contribution >= 0.6 is 0 Å². The van der Waals surface area contributed by atoms with E-state index in [9.17, 15) is 4.79 Å². The number of fused-ring (bicyclic) bond motifs is 1. The van der Waals surface area contributed by atoms with Crippen LogP contribution in [0.1, 0.15) is 12.5 Å². The topological polar surface area (TPSA) is 126 Å². The number of morpholine rings is 1. The second-order valence-electron chi connectivity index (χ2n) is 8.41. The summed E-state index contributed by atoms with van der Waals surface area (Å²) in [5, 5.41) is 2.70. The predicted octanol–water partition coefficient (Wildman–Crippen LogP) is 0.129. The molecule has 0 saturated carbocycles. The van der Waals surface area contributed by atoms with E-state index in [0.29, 0.717) is 32.3 Å². The number of amides is 2. The van der Waals surface area contributed by atoms with Gasteiger partial charge < -0.3 is 30.5 Å². The fourth-order valence-electron chi connectivity index (χ4n) is 4.62. The molecule has 3 N–H and O–H groups in total. The van der Waals surface area contributed by atoms with Gasteiger partial charge in [0.25, 0.3) is 0 Å². The van der Waals surface area contributed by atoms with Gasteiger partial charge in [0.2, 0.25) is 11.9 Å². The van der Waals surface area contributed by atoms with Gasteiger partial charge in [-0.15, -0.1) is 0 Å². The van der Waals surface area contributed by atoms with E-state index in [0.717, 1.165) is 48.7 Å². The van der Waals surface area contributed by atoms with E-state index in [1.165, 1.54) is 0 Å². The van der Waals surface area contributed by atoms with Gasteiger partial charge in [-0.05, 0) is 13.3 Å². The monoisotopic (exact) mass is 425 g/mol. The van der Waals surface area contributed by atoms with Crippen molar-refractivity contribution in [2.45, 2.75) is 18.9 Å². The van der Waals surface area contributed by atoms with Crippen molar-refractivity contribution in [1.29, 1.82) is 0 Å². The Kier molecular flexibility index (Phi) is 4.77. The fraction of sp³-hybridized carbons (Fsp3) is 0.550. The first-order chi connectivity index (χ1) is 15.0. The third-order valence-corrected chi connectivity index (χ3v) is 6.27. The van der Waals surface area contributed by atoms with Crippen LogP contribution in [0.25, 0.3) is 11.3 Å². The number of anilines is 3. The lowest BCUT2D eigenvalue weighted by Crippen LogP contribution is -2.70. The van der Waals surface area contributed by atoms with Crippen LogP contribution in [0.2, 0.25) is 0 Å². The van der Waals surface area contributed by atoms with Crippen molar-refractivity contribution in [2.24, 2.45) is 0 Å². The minimum atomic E-state index is -0.163. The number of hydrogen-bond acceptors (Lipinski definition) is 9. The number of urea groups is 1. The smallest absolute Gasteiger partial charge is 0.317 e. The molecule has 5 rings (SSSR count). The zero-order chi connectivity index (χ0) is 21.6. The average molecular weight is 425 g/mol. The molecule has 3 aliphatic rings. The summed E-state index contributed by atoms with van der Waals surface area (Å²) in [4.78, 5) is 36.5. The Bertz CT molecular complexity index is 985. The number of rotatable bonds is 3. The van der Waals surface area contributed by atoms with Gasteiger partial charge in [0.05, 0.1) is 24.4 Å². The van der Waals surface area contributed by atoms with Gasteiger partial charge in [0.1, 0.15) is 5.82 Å². The second-order valence-corrected chi connectivity index (χ2v) is 8.41. The quantitative estimate of drug-likeness (QED) is 0.705. The molecule has 5 heterocycles. The van der Waals surface area contributed by atoms with Crippen molar-refractivity contribution in [3.05, 3.63) is 18.0 Å². The minimum absolute atomic E-state index is 0.0479. The number of carbonyl (C=O) groups excluding carboxylic acids is 1. The number of nitrogens with one attached hydrogen (secondary N) is 1. The average Bonchev–Trinajstić information content (AvgIpc) is 3.21. The number of carbonyl (C=O) groups is 1. The predicted molar refractivity (Wildman–Crippen MR) is 116 cm³/mol. The number of aromatic nitrogens is 4. The lowest BCUT2D eigenvalue weighted by molar-refractivity contribution is 0.103. The molecule has 2 aromatic heterocycles. The highest BCUT2D eigenvalue weighted by atomic mass is 16.5. The summed E-state index contributed by atoms with van der Waals surface area (Å²) < 4.78 is 5.50. The van der Waals surface area contributed by atoms with E-state index >= 15 is 0 Å². The third-order valence-electron chi connectivity index (χ3n) is 6.27. The van der Waals surface area contributed by atoms with Crippen molar-refractivity contribution in [1.82, 2.24) is 30.2 Å².